The smallest absolute Gasteiger partial charge is 0.220 e. The van der Waals surface area contributed by atoms with Crippen LogP contribution in [0.4, 0.5) is 15.8 Å². The van der Waals surface area contributed by atoms with Gasteiger partial charge in [-0.2, -0.15) is 5.26 Å². The molecule has 182 valence electrons. The Labute approximate surface area is 208 Å². The minimum atomic E-state index is -0.391. The highest BCUT2D eigenvalue weighted by Crippen LogP contribution is 2.40. The first-order chi connectivity index (χ1) is 17.4. The molecule has 1 amide bonds. The van der Waals surface area contributed by atoms with E-state index in [1.54, 1.807) is 32.4 Å². The van der Waals surface area contributed by atoms with Gasteiger partial charge in [-0.3, -0.25) is 9.59 Å². The van der Waals surface area contributed by atoms with Crippen LogP contribution >= 0.6 is 0 Å². The van der Waals surface area contributed by atoms with Crippen molar-refractivity contribution in [2.75, 3.05) is 23.9 Å². The second kappa shape index (κ2) is 10.7. The van der Waals surface area contributed by atoms with Gasteiger partial charge in [-0.05, 0) is 42.0 Å². The van der Waals surface area contributed by atoms with Crippen LogP contribution in [0, 0.1) is 17.1 Å². The summed E-state index contributed by atoms with van der Waals surface area (Å²) < 4.78 is 18.5. The van der Waals surface area contributed by atoms with Crippen molar-refractivity contribution in [1.29, 1.82) is 5.26 Å². The Morgan fingerprint density at radius 2 is 1.67 bits per heavy atom. The Bertz CT molecular complexity index is 1320. The van der Waals surface area contributed by atoms with E-state index in [-0.39, 0.29) is 36.7 Å². The summed E-state index contributed by atoms with van der Waals surface area (Å²) >= 11 is 0. The summed E-state index contributed by atoms with van der Waals surface area (Å²) in [6, 6.07) is 18.6. The lowest BCUT2D eigenvalue weighted by molar-refractivity contribution is -0.124. The summed E-state index contributed by atoms with van der Waals surface area (Å²) in [6.45, 7) is 0.226. The molecule has 0 fully saturated rings. The zero-order valence-corrected chi connectivity index (χ0v) is 19.9. The molecule has 2 heterocycles. The number of pyridine rings is 1. The molecule has 0 unspecified atom stereocenters. The Morgan fingerprint density at radius 1 is 1.00 bits per heavy atom. The highest BCUT2D eigenvalue weighted by Gasteiger charge is 2.31. The van der Waals surface area contributed by atoms with Crippen LogP contribution in [0.15, 0.2) is 78.3 Å². The summed E-state index contributed by atoms with van der Waals surface area (Å²) in [5.74, 6) is 0.237. The molecule has 1 aromatic heterocycles. The largest absolute Gasteiger partial charge is 0.439 e. The number of allylic oxidation sites excluding steroid dienone is 1. The number of anilines is 2. The number of hydrogen-bond donors (Lipinski definition) is 1. The van der Waals surface area contributed by atoms with Gasteiger partial charge in [0.15, 0.2) is 5.78 Å². The molecule has 3 aromatic rings. The van der Waals surface area contributed by atoms with E-state index in [0.717, 1.165) is 16.9 Å². The topological polar surface area (TPSA) is 98.6 Å². The predicted octanol–water partition coefficient (Wildman–Crippen LogP) is 4.30. The molecule has 36 heavy (non-hydrogen) atoms. The van der Waals surface area contributed by atoms with Crippen LogP contribution in [0.2, 0.25) is 0 Å². The minimum Gasteiger partial charge on any atom is -0.439 e. The van der Waals surface area contributed by atoms with Crippen molar-refractivity contribution in [1.82, 2.24) is 10.3 Å². The highest BCUT2D eigenvalue weighted by atomic mass is 19.1. The van der Waals surface area contributed by atoms with E-state index in [4.69, 9.17) is 4.74 Å². The second-order valence-corrected chi connectivity index (χ2v) is 8.18. The number of carbonyl (C=O) groups is 2. The van der Waals surface area contributed by atoms with Gasteiger partial charge in [-0.25, -0.2) is 9.37 Å². The third kappa shape index (κ3) is 5.33. The van der Waals surface area contributed by atoms with Crippen LogP contribution in [0.5, 0.6) is 11.6 Å². The average Bonchev–Trinajstić information content (AvgIpc) is 3.14. The number of nitrogens with zero attached hydrogens (tertiary/aromatic N) is 4. The monoisotopic (exact) mass is 485 g/mol. The van der Waals surface area contributed by atoms with Gasteiger partial charge in [0.05, 0.1) is 11.4 Å². The van der Waals surface area contributed by atoms with Gasteiger partial charge in [-0.15, -0.1) is 0 Å². The molecule has 0 saturated carbocycles. The van der Waals surface area contributed by atoms with Gasteiger partial charge >= 0.3 is 0 Å². The molecule has 0 atom stereocenters. The van der Waals surface area contributed by atoms with E-state index < -0.39 is 5.78 Å². The lowest BCUT2D eigenvalue weighted by atomic mass is 10.1. The van der Waals surface area contributed by atoms with Crippen LogP contribution in [-0.4, -0.2) is 30.8 Å². The number of fused-ring (bicyclic) bond motifs is 1. The fourth-order valence-corrected chi connectivity index (χ4v) is 3.90. The first-order valence-corrected chi connectivity index (χ1v) is 11.3. The predicted molar refractivity (Wildman–Crippen MR) is 133 cm³/mol. The fraction of sp³-hybridized carbons (Fsp3) is 0.185. The molecule has 0 saturated heterocycles. The van der Waals surface area contributed by atoms with E-state index in [0.29, 0.717) is 17.5 Å². The van der Waals surface area contributed by atoms with Crippen molar-refractivity contribution in [2.24, 2.45) is 0 Å². The van der Waals surface area contributed by atoms with E-state index in [1.807, 2.05) is 40.1 Å². The number of halogens is 1. The number of rotatable bonds is 8. The molecule has 4 rings (SSSR count). The Hall–Kier alpha value is -4.71. The van der Waals surface area contributed by atoms with E-state index in [1.165, 1.54) is 24.3 Å². The Balaban J connectivity index is 1.30. The molecule has 1 N–H and O–H groups in total. The van der Waals surface area contributed by atoms with Gasteiger partial charge in [0, 0.05) is 45.7 Å². The number of ketones is 1. The zero-order valence-electron chi connectivity index (χ0n) is 19.9. The molecule has 0 spiro atoms. The van der Waals surface area contributed by atoms with E-state index >= 15 is 0 Å². The first kappa shape index (κ1) is 24.4. The van der Waals surface area contributed by atoms with E-state index in [9.17, 15) is 19.2 Å². The standard InChI is InChI=1S/C27H24FN5O3/c1-32-22-5-3-4-6-23(22)33(2)27(32)21(15-29)24(34)12-13-25(35)30-16-18-7-14-26(31-17-18)36-20-10-8-19(28)9-11-20/h3-11,14,17H,12-13,16H2,1-2H3,(H,30,35). The number of para-hydroxylation sites is 2. The van der Waals surface area contributed by atoms with Gasteiger partial charge in [0.2, 0.25) is 11.8 Å². The summed E-state index contributed by atoms with van der Waals surface area (Å²) in [5, 5.41) is 12.5. The van der Waals surface area contributed by atoms with Crippen LogP contribution < -0.4 is 19.9 Å². The SMILES string of the molecule is CN1C(=C(C#N)C(=O)CCC(=O)NCc2ccc(Oc3ccc(F)cc3)nc2)N(C)c2ccccc21. The quantitative estimate of drug-likeness (QED) is 0.375. The van der Waals surface area contributed by atoms with Gasteiger partial charge in [0.1, 0.15) is 29.0 Å². The number of nitrogens with one attached hydrogen (secondary N) is 1. The molecular formula is C27H24FN5O3. The second-order valence-electron chi connectivity index (χ2n) is 8.18. The number of aromatic nitrogens is 1. The van der Waals surface area contributed by atoms with Crippen molar-refractivity contribution in [3.63, 3.8) is 0 Å². The van der Waals surface area contributed by atoms with Gasteiger partial charge < -0.3 is 19.9 Å². The average molecular weight is 486 g/mol. The first-order valence-electron chi connectivity index (χ1n) is 11.3. The van der Waals surface area contributed by atoms with Crippen molar-refractivity contribution in [2.45, 2.75) is 19.4 Å². The number of ether oxygens (including phenoxy) is 1. The molecule has 8 nitrogen and oxygen atoms in total. The van der Waals surface area contributed by atoms with Crippen LogP contribution in [-0.2, 0) is 16.1 Å². The van der Waals surface area contributed by atoms with Crippen LogP contribution in [0.25, 0.3) is 0 Å². The number of carbonyl (C=O) groups excluding carboxylic acids is 2. The molecule has 1 aliphatic rings. The summed E-state index contributed by atoms with van der Waals surface area (Å²) in [7, 11) is 3.61. The molecule has 9 heteroatoms. The number of nitriles is 1. The number of benzene rings is 2. The summed E-state index contributed by atoms with van der Waals surface area (Å²) in [4.78, 5) is 33.0. The zero-order chi connectivity index (χ0) is 25.7. The normalized spacial score (nSPS) is 12.1. The molecule has 0 bridgehead atoms. The van der Waals surface area contributed by atoms with Crippen LogP contribution in [0.3, 0.4) is 0 Å². The summed E-state index contributed by atoms with van der Waals surface area (Å²) in [6.07, 6.45) is 1.43. The van der Waals surface area contributed by atoms with Crippen molar-refractivity contribution >= 4 is 23.1 Å². The Kier molecular flexibility index (Phi) is 7.25. The third-order valence-corrected chi connectivity index (χ3v) is 5.76. The van der Waals surface area contributed by atoms with Crippen molar-refractivity contribution in [3.8, 4) is 17.7 Å². The van der Waals surface area contributed by atoms with Crippen molar-refractivity contribution in [3.05, 3.63) is 89.6 Å². The molecule has 0 aliphatic carbocycles. The third-order valence-electron chi connectivity index (χ3n) is 5.76. The molecule has 1 aliphatic heterocycles. The lowest BCUT2D eigenvalue weighted by Crippen LogP contribution is -2.27. The van der Waals surface area contributed by atoms with Crippen LogP contribution in [0.1, 0.15) is 18.4 Å². The number of hydrogen-bond acceptors (Lipinski definition) is 7. The highest BCUT2D eigenvalue weighted by molar-refractivity contribution is 6.03. The van der Waals surface area contributed by atoms with Gasteiger partial charge in [0.25, 0.3) is 0 Å². The van der Waals surface area contributed by atoms with E-state index in [2.05, 4.69) is 10.3 Å². The molecular weight excluding hydrogens is 461 g/mol. The number of amides is 1. The number of Topliss-reactive ketones (excluding diaryl/α,β-unsaturated/α-hetero) is 1. The summed E-state index contributed by atoms with van der Waals surface area (Å²) in [5.41, 5.74) is 2.56. The molecule has 0 radical (unpaired) electrons. The minimum absolute atomic E-state index is 0.0185. The maximum atomic E-state index is 13.0. The maximum Gasteiger partial charge on any atom is 0.220 e. The van der Waals surface area contributed by atoms with Gasteiger partial charge in [-0.1, -0.05) is 18.2 Å². The fourth-order valence-electron chi connectivity index (χ4n) is 3.90. The maximum absolute atomic E-state index is 13.0. The Morgan fingerprint density at radius 3 is 2.25 bits per heavy atom. The lowest BCUT2D eigenvalue weighted by Gasteiger charge is -2.19. The van der Waals surface area contributed by atoms with Crippen molar-refractivity contribution < 1.29 is 18.7 Å². The molecule has 2 aromatic carbocycles.